The highest BCUT2D eigenvalue weighted by atomic mass is 19.2. The Kier molecular flexibility index (Phi) is 8.11. The van der Waals surface area contributed by atoms with Crippen LogP contribution < -0.4 is 0 Å². The third-order valence-electron chi connectivity index (χ3n) is 9.92. The van der Waals surface area contributed by atoms with Crippen LogP contribution in [0.3, 0.4) is 0 Å². The molecule has 2 N–H and O–H groups in total. The molecule has 278 valence electrons. The maximum atomic E-state index is 15.7. The van der Waals surface area contributed by atoms with Gasteiger partial charge in [-0.1, -0.05) is 48.6 Å². The van der Waals surface area contributed by atoms with Gasteiger partial charge >= 0.3 is 0 Å². The van der Waals surface area contributed by atoms with E-state index in [1.54, 1.807) is 48.6 Å². The summed E-state index contributed by atoms with van der Waals surface area (Å²) in [5.41, 5.74) is -2.47. The van der Waals surface area contributed by atoms with E-state index in [4.69, 9.17) is 0 Å². The molecule has 0 fully saturated rings. The first kappa shape index (κ1) is 35.0. The van der Waals surface area contributed by atoms with Crippen molar-refractivity contribution in [2.45, 2.75) is 11.8 Å². The number of hydrogen-bond acceptors (Lipinski definition) is 2. The molecular formula is C42H20F10N4. The molecule has 3 aromatic heterocycles. The van der Waals surface area contributed by atoms with Crippen LogP contribution in [0.25, 0.3) is 68.6 Å². The average molecular weight is 771 g/mol. The van der Waals surface area contributed by atoms with Gasteiger partial charge in [0, 0.05) is 56.2 Å². The number of halogens is 10. The minimum absolute atomic E-state index is 0.0974. The Hall–Kier alpha value is -6.70. The monoisotopic (exact) mass is 770 g/mol. The zero-order chi connectivity index (χ0) is 39.2. The molecule has 2 aliphatic heterocycles. The molecule has 0 saturated carbocycles. The summed E-state index contributed by atoms with van der Waals surface area (Å²) in [4.78, 5) is 15.3. The molecule has 0 spiro atoms. The smallest absolute Gasteiger partial charge is 0.200 e. The maximum absolute atomic E-state index is 15.7. The lowest BCUT2D eigenvalue weighted by Gasteiger charge is -2.11. The van der Waals surface area contributed by atoms with Crippen molar-refractivity contribution in [3.8, 4) is 22.3 Å². The summed E-state index contributed by atoms with van der Waals surface area (Å²) >= 11 is 0. The van der Waals surface area contributed by atoms with Crippen LogP contribution in [0.4, 0.5) is 43.9 Å². The van der Waals surface area contributed by atoms with Crippen molar-refractivity contribution in [1.82, 2.24) is 19.9 Å². The third kappa shape index (κ3) is 5.23. The zero-order valence-corrected chi connectivity index (χ0v) is 28.1. The molecule has 0 atom stereocenters. The van der Waals surface area contributed by atoms with Gasteiger partial charge in [0.05, 0.1) is 33.9 Å². The number of allylic oxidation sites excluding steroid dienone is 8. The lowest BCUT2D eigenvalue weighted by Crippen LogP contribution is -2.05. The lowest BCUT2D eigenvalue weighted by molar-refractivity contribution is 0.381. The second-order valence-electron chi connectivity index (χ2n) is 13.1. The maximum Gasteiger partial charge on any atom is 0.200 e. The molecule has 14 heteroatoms. The molecule has 0 saturated heterocycles. The number of rotatable bonds is 4. The number of fused-ring (bicyclic) bond motifs is 8. The van der Waals surface area contributed by atoms with Gasteiger partial charge in [0.25, 0.3) is 0 Å². The van der Waals surface area contributed by atoms with Crippen molar-refractivity contribution in [1.29, 1.82) is 0 Å². The molecule has 0 amide bonds. The van der Waals surface area contributed by atoms with Crippen LogP contribution >= 0.6 is 0 Å². The SMILES string of the molecule is Fc1c(F)c(F)c(-c2c3nc(c(C4C=CC=C4)c4nc(c(-c5c(F)c(F)c(F)c(F)c5F)c5ccc([nH]5)c(C5C=CC=C5)c5ccc2[nH]5)C=C4)C=C3)c(F)c1F. The first-order valence-electron chi connectivity index (χ1n) is 16.8. The van der Waals surface area contributed by atoms with Gasteiger partial charge in [-0.3, -0.25) is 0 Å². The van der Waals surface area contributed by atoms with Gasteiger partial charge in [0.15, 0.2) is 46.5 Å². The van der Waals surface area contributed by atoms with Gasteiger partial charge < -0.3 is 9.97 Å². The molecule has 0 radical (unpaired) electrons. The van der Waals surface area contributed by atoms with Crippen LogP contribution in [0, 0.1) is 58.2 Å². The van der Waals surface area contributed by atoms with E-state index in [0.29, 0.717) is 11.1 Å². The van der Waals surface area contributed by atoms with E-state index in [0.717, 1.165) is 0 Å². The van der Waals surface area contributed by atoms with E-state index in [1.165, 1.54) is 48.6 Å². The van der Waals surface area contributed by atoms with Crippen LogP contribution in [0.5, 0.6) is 0 Å². The summed E-state index contributed by atoms with van der Waals surface area (Å²) in [6, 6.07) is 5.71. The molecule has 5 aromatic rings. The fraction of sp³-hybridized carbons (Fsp3) is 0.0476. The molecular weight excluding hydrogens is 750 g/mol. The summed E-state index contributed by atoms with van der Waals surface area (Å²) in [7, 11) is 0. The highest BCUT2D eigenvalue weighted by Gasteiger charge is 2.32. The molecule has 5 heterocycles. The predicted octanol–water partition coefficient (Wildman–Crippen LogP) is 11.8. The van der Waals surface area contributed by atoms with Crippen molar-refractivity contribution < 1.29 is 43.9 Å². The molecule has 0 unspecified atom stereocenters. The molecule has 4 aliphatic rings. The number of nitrogens with one attached hydrogen (secondary N) is 2. The van der Waals surface area contributed by atoms with Gasteiger partial charge in [-0.2, -0.15) is 0 Å². The van der Waals surface area contributed by atoms with E-state index in [1.807, 2.05) is 0 Å². The van der Waals surface area contributed by atoms with Crippen LogP contribution in [0.1, 0.15) is 45.7 Å². The Morgan fingerprint density at radius 3 is 1.02 bits per heavy atom. The summed E-state index contributed by atoms with van der Waals surface area (Å²) < 4.78 is 151. The van der Waals surface area contributed by atoms with Gasteiger partial charge in [-0.25, -0.2) is 53.9 Å². The second kappa shape index (κ2) is 13.0. The molecule has 4 nitrogen and oxygen atoms in total. The first-order valence-corrected chi connectivity index (χ1v) is 16.8. The molecule has 56 heavy (non-hydrogen) atoms. The van der Waals surface area contributed by atoms with Crippen molar-refractivity contribution in [3.05, 3.63) is 165 Å². The molecule has 9 rings (SSSR count). The van der Waals surface area contributed by atoms with Crippen molar-refractivity contribution >= 4 is 46.4 Å². The Morgan fingerprint density at radius 2 is 0.643 bits per heavy atom. The Bertz CT molecular complexity index is 2700. The van der Waals surface area contributed by atoms with Crippen molar-refractivity contribution in [2.75, 3.05) is 0 Å². The van der Waals surface area contributed by atoms with Crippen LogP contribution in [0.2, 0.25) is 0 Å². The standard InChI is InChI=1S/C42H20F10N4/c43-33-31(34(44)38(48)41(51)37(33)47)29-23-13-9-19(53-23)27(17-5-1-2-6-17)20-10-14-24(54-20)30(32-35(45)39(49)42(52)40(50)36(32)46)26-16-12-22(56-26)28(18-7-3-4-8-18)21-11-15-25(29)55-21/h1-18,53-54H. The van der Waals surface area contributed by atoms with Gasteiger partial charge in [-0.15, -0.1) is 0 Å². The molecule has 2 aliphatic carbocycles. The Morgan fingerprint density at radius 1 is 0.339 bits per heavy atom. The fourth-order valence-electron chi connectivity index (χ4n) is 7.37. The number of hydrogen-bond donors (Lipinski definition) is 2. The number of aromatic nitrogens is 4. The second-order valence-corrected chi connectivity index (χ2v) is 13.1. The van der Waals surface area contributed by atoms with Crippen molar-refractivity contribution in [2.24, 2.45) is 0 Å². The molecule has 2 aromatic carbocycles. The fourth-order valence-corrected chi connectivity index (χ4v) is 7.37. The third-order valence-corrected chi connectivity index (χ3v) is 9.92. The normalized spacial score (nSPS) is 14.8. The number of nitrogens with zero attached hydrogens (tertiary/aromatic N) is 2. The van der Waals surface area contributed by atoms with Gasteiger partial charge in [-0.05, 0) is 48.6 Å². The Balaban J connectivity index is 1.50. The number of benzene rings is 2. The summed E-state index contributed by atoms with van der Waals surface area (Å²) in [5.74, 6) is -22.8. The Labute approximate surface area is 308 Å². The van der Waals surface area contributed by atoms with Crippen LogP contribution in [0.15, 0.2) is 72.9 Å². The van der Waals surface area contributed by atoms with Crippen LogP contribution in [-0.4, -0.2) is 19.9 Å². The van der Waals surface area contributed by atoms with E-state index in [9.17, 15) is 26.3 Å². The largest absolute Gasteiger partial charge is 0.355 e. The van der Waals surface area contributed by atoms with Crippen LogP contribution in [-0.2, 0) is 0 Å². The zero-order valence-electron chi connectivity index (χ0n) is 28.1. The lowest BCUT2D eigenvalue weighted by atomic mass is 9.97. The van der Waals surface area contributed by atoms with E-state index in [-0.39, 0.29) is 44.8 Å². The highest BCUT2D eigenvalue weighted by molar-refractivity contribution is 5.95. The average Bonchev–Trinajstić information content (AvgIpc) is 4.05. The number of H-pyrrole nitrogens is 2. The summed E-state index contributed by atoms with van der Waals surface area (Å²) in [6.07, 6.45) is 19.3. The summed E-state index contributed by atoms with van der Waals surface area (Å²) in [6.45, 7) is 0. The summed E-state index contributed by atoms with van der Waals surface area (Å²) in [5, 5.41) is 0. The van der Waals surface area contributed by atoms with Crippen molar-refractivity contribution in [3.63, 3.8) is 0 Å². The predicted molar refractivity (Wildman–Crippen MR) is 191 cm³/mol. The van der Waals surface area contributed by atoms with Gasteiger partial charge in [0.1, 0.15) is 0 Å². The topological polar surface area (TPSA) is 57.4 Å². The number of aromatic amines is 2. The highest BCUT2D eigenvalue weighted by Crippen LogP contribution is 2.42. The van der Waals surface area contributed by atoms with E-state index in [2.05, 4.69) is 19.9 Å². The first-order chi connectivity index (χ1) is 26.9. The minimum atomic E-state index is -2.34. The minimum Gasteiger partial charge on any atom is -0.355 e. The van der Waals surface area contributed by atoms with Gasteiger partial charge in [0.2, 0.25) is 11.6 Å². The van der Waals surface area contributed by atoms with E-state index >= 15 is 17.6 Å². The molecule has 8 bridgehead atoms. The van der Waals surface area contributed by atoms with E-state index < -0.39 is 92.3 Å². The quantitative estimate of drug-likeness (QED) is 0.106.